The first kappa shape index (κ1) is 17.8. The number of nitrogens with zero attached hydrogens (tertiary/aromatic N) is 3. The van der Waals surface area contributed by atoms with E-state index in [0.717, 1.165) is 29.0 Å². The lowest BCUT2D eigenvalue weighted by Crippen LogP contribution is -2.16. The standard InChI is InChI=1S/C21H16F2N4O/c1-13-3-4-15(19-12-27-8-2-7-24-21(27)26-19)9-18(13)25-20(28)10-14-5-6-16(22)11-17(14)23/h2-9,11-12H,10H2,1H3,(H,25,28). The average Bonchev–Trinajstić information content (AvgIpc) is 3.10. The second kappa shape index (κ2) is 7.19. The highest BCUT2D eigenvalue weighted by atomic mass is 19.1. The zero-order chi connectivity index (χ0) is 19.7. The molecule has 0 atom stereocenters. The Balaban J connectivity index is 1.57. The quantitative estimate of drug-likeness (QED) is 0.580. The topological polar surface area (TPSA) is 59.3 Å². The van der Waals surface area contributed by atoms with Gasteiger partial charge in [-0.05, 0) is 36.2 Å². The molecular formula is C21H16F2N4O. The van der Waals surface area contributed by atoms with Gasteiger partial charge < -0.3 is 5.32 Å². The van der Waals surface area contributed by atoms with Crippen molar-refractivity contribution >= 4 is 17.4 Å². The lowest BCUT2D eigenvalue weighted by atomic mass is 10.1. The second-order valence-electron chi connectivity index (χ2n) is 6.44. The largest absolute Gasteiger partial charge is 0.326 e. The minimum absolute atomic E-state index is 0.138. The number of rotatable bonds is 4. The lowest BCUT2D eigenvalue weighted by molar-refractivity contribution is -0.115. The Morgan fingerprint density at radius 3 is 2.82 bits per heavy atom. The first-order chi connectivity index (χ1) is 13.5. The lowest BCUT2D eigenvalue weighted by Gasteiger charge is -2.10. The maximum absolute atomic E-state index is 13.8. The third-order valence-electron chi connectivity index (χ3n) is 4.41. The fourth-order valence-electron chi connectivity index (χ4n) is 2.92. The predicted octanol–water partition coefficient (Wildman–Crippen LogP) is 4.16. The molecule has 1 amide bonds. The number of amides is 1. The van der Waals surface area contributed by atoms with Crippen LogP contribution in [0.15, 0.2) is 61.1 Å². The van der Waals surface area contributed by atoms with Gasteiger partial charge in [-0.15, -0.1) is 0 Å². The molecular weight excluding hydrogens is 362 g/mol. The molecule has 0 saturated heterocycles. The van der Waals surface area contributed by atoms with Gasteiger partial charge in [-0.1, -0.05) is 18.2 Å². The zero-order valence-corrected chi connectivity index (χ0v) is 15.0. The molecule has 2 aromatic heterocycles. The summed E-state index contributed by atoms with van der Waals surface area (Å²) in [7, 11) is 0. The molecule has 140 valence electrons. The monoisotopic (exact) mass is 378 g/mol. The van der Waals surface area contributed by atoms with Crippen LogP contribution in [-0.4, -0.2) is 20.3 Å². The smallest absolute Gasteiger partial charge is 0.234 e. The van der Waals surface area contributed by atoms with Crippen LogP contribution < -0.4 is 5.32 Å². The molecule has 0 aliphatic heterocycles. The fourth-order valence-corrected chi connectivity index (χ4v) is 2.92. The van der Waals surface area contributed by atoms with E-state index >= 15 is 0 Å². The number of carbonyl (C=O) groups is 1. The molecule has 0 aliphatic carbocycles. The molecule has 1 N–H and O–H groups in total. The Kier molecular flexibility index (Phi) is 4.57. The van der Waals surface area contributed by atoms with E-state index in [0.29, 0.717) is 11.5 Å². The van der Waals surface area contributed by atoms with Crippen molar-refractivity contribution in [2.75, 3.05) is 5.32 Å². The third kappa shape index (κ3) is 3.59. The van der Waals surface area contributed by atoms with E-state index in [-0.39, 0.29) is 17.9 Å². The number of aryl methyl sites for hydroxylation is 1. The van der Waals surface area contributed by atoms with Crippen LogP contribution in [-0.2, 0) is 11.2 Å². The summed E-state index contributed by atoms with van der Waals surface area (Å²) in [6.45, 7) is 1.86. The molecule has 0 aliphatic rings. The van der Waals surface area contributed by atoms with Crippen molar-refractivity contribution in [2.24, 2.45) is 0 Å². The number of fused-ring (bicyclic) bond motifs is 1. The van der Waals surface area contributed by atoms with Gasteiger partial charge in [0, 0.05) is 35.9 Å². The molecule has 7 heteroatoms. The summed E-state index contributed by atoms with van der Waals surface area (Å²) in [5.41, 5.74) is 3.14. The van der Waals surface area contributed by atoms with Gasteiger partial charge in [-0.25, -0.2) is 18.7 Å². The Labute approximate surface area is 159 Å². The van der Waals surface area contributed by atoms with Crippen molar-refractivity contribution in [3.05, 3.63) is 83.8 Å². The van der Waals surface area contributed by atoms with Crippen LogP contribution in [0.2, 0.25) is 0 Å². The molecule has 4 rings (SSSR count). The van der Waals surface area contributed by atoms with Crippen molar-refractivity contribution in [1.29, 1.82) is 0 Å². The first-order valence-electron chi connectivity index (χ1n) is 8.64. The Morgan fingerprint density at radius 1 is 1.18 bits per heavy atom. The van der Waals surface area contributed by atoms with Crippen LogP contribution in [0.5, 0.6) is 0 Å². The maximum Gasteiger partial charge on any atom is 0.234 e. The van der Waals surface area contributed by atoms with E-state index < -0.39 is 11.6 Å². The summed E-state index contributed by atoms with van der Waals surface area (Å²) in [6, 6.07) is 10.6. The van der Waals surface area contributed by atoms with E-state index in [1.807, 2.05) is 48.0 Å². The van der Waals surface area contributed by atoms with Crippen molar-refractivity contribution in [2.45, 2.75) is 13.3 Å². The van der Waals surface area contributed by atoms with Gasteiger partial charge >= 0.3 is 0 Å². The number of aromatic nitrogens is 3. The van der Waals surface area contributed by atoms with E-state index in [1.165, 1.54) is 6.07 Å². The van der Waals surface area contributed by atoms with E-state index in [2.05, 4.69) is 15.3 Å². The highest BCUT2D eigenvalue weighted by Gasteiger charge is 2.12. The van der Waals surface area contributed by atoms with Crippen LogP contribution in [0.3, 0.4) is 0 Å². The molecule has 0 spiro atoms. The Hall–Kier alpha value is -3.61. The van der Waals surface area contributed by atoms with Gasteiger partial charge in [0.15, 0.2) is 0 Å². The van der Waals surface area contributed by atoms with Crippen LogP contribution in [0.4, 0.5) is 14.5 Å². The normalized spacial score (nSPS) is 11.0. The minimum Gasteiger partial charge on any atom is -0.326 e. The molecule has 0 fully saturated rings. The molecule has 0 unspecified atom stereocenters. The van der Waals surface area contributed by atoms with Crippen LogP contribution in [0.1, 0.15) is 11.1 Å². The summed E-state index contributed by atoms with van der Waals surface area (Å²) in [5, 5.41) is 2.79. The Morgan fingerprint density at radius 2 is 2.04 bits per heavy atom. The van der Waals surface area contributed by atoms with Crippen LogP contribution >= 0.6 is 0 Å². The van der Waals surface area contributed by atoms with E-state index in [9.17, 15) is 13.6 Å². The van der Waals surface area contributed by atoms with E-state index in [4.69, 9.17) is 0 Å². The second-order valence-corrected chi connectivity index (χ2v) is 6.44. The molecule has 2 heterocycles. The highest BCUT2D eigenvalue weighted by Crippen LogP contribution is 2.25. The summed E-state index contributed by atoms with van der Waals surface area (Å²) in [4.78, 5) is 21.0. The summed E-state index contributed by atoms with van der Waals surface area (Å²) in [6.07, 6.45) is 5.19. The minimum atomic E-state index is -0.738. The summed E-state index contributed by atoms with van der Waals surface area (Å²) >= 11 is 0. The average molecular weight is 378 g/mol. The number of imidazole rings is 1. The maximum atomic E-state index is 13.8. The number of halogens is 2. The SMILES string of the molecule is Cc1ccc(-c2cn3cccnc3n2)cc1NC(=O)Cc1ccc(F)cc1F. The van der Waals surface area contributed by atoms with Crippen molar-refractivity contribution in [1.82, 2.24) is 14.4 Å². The van der Waals surface area contributed by atoms with Crippen molar-refractivity contribution in [3.8, 4) is 11.3 Å². The summed E-state index contributed by atoms with van der Waals surface area (Å²) in [5.74, 6) is -1.22. The number of benzene rings is 2. The van der Waals surface area contributed by atoms with Crippen molar-refractivity contribution in [3.63, 3.8) is 0 Å². The molecule has 28 heavy (non-hydrogen) atoms. The Bertz CT molecular complexity index is 1150. The first-order valence-corrected chi connectivity index (χ1v) is 8.64. The predicted molar refractivity (Wildman–Crippen MR) is 102 cm³/mol. The van der Waals surface area contributed by atoms with Gasteiger partial charge in [0.2, 0.25) is 11.7 Å². The van der Waals surface area contributed by atoms with Gasteiger partial charge in [-0.2, -0.15) is 0 Å². The van der Waals surface area contributed by atoms with Gasteiger partial charge in [0.1, 0.15) is 11.6 Å². The molecule has 0 saturated carbocycles. The molecule has 5 nitrogen and oxygen atoms in total. The fraction of sp³-hybridized carbons (Fsp3) is 0.0952. The number of hydrogen-bond donors (Lipinski definition) is 1. The van der Waals surface area contributed by atoms with Gasteiger partial charge in [0.05, 0.1) is 12.1 Å². The third-order valence-corrected chi connectivity index (χ3v) is 4.41. The summed E-state index contributed by atoms with van der Waals surface area (Å²) < 4.78 is 28.6. The van der Waals surface area contributed by atoms with Gasteiger partial charge in [-0.3, -0.25) is 9.20 Å². The number of carbonyl (C=O) groups excluding carboxylic acids is 1. The number of anilines is 1. The zero-order valence-electron chi connectivity index (χ0n) is 15.0. The van der Waals surface area contributed by atoms with Crippen LogP contribution in [0, 0.1) is 18.6 Å². The molecule has 2 aromatic carbocycles. The number of hydrogen-bond acceptors (Lipinski definition) is 3. The molecule has 0 bridgehead atoms. The van der Waals surface area contributed by atoms with Crippen LogP contribution in [0.25, 0.3) is 17.0 Å². The number of nitrogens with one attached hydrogen (secondary N) is 1. The van der Waals surface area contributed by atoms with Gasteiger partial charge in [0.25, 0.3) is 0 Å². The molecule has 4 aromatic rings. The highest BCUT2D eigenvalue weighted by molar-refractivity contribution is 5.93. The van der Waals surface area contributed by atoms with E-state index in [1.54, 1.807) is 6.20 Å². The molecule has 0 radical (unpaired) electrons. The van der Waals surface area contributed by atoms with Crippen molar-refractivity contribution < 1.29 is 13.6 Å².